The molecule has 0 unspecified atom stereocenters. The fourth-order valence-corrected chi connectivity index (χ4v) is 7.89. The molecule has 4 aromatic carbocycles. The van der Waals surface area contributed by atoms with Crippen molar-refractivity contribution in [1.82, 2.24) is 19.3 Å². The lowest BCUT2D eigenvalue weighted by molar-refractivity contribution is 0.478. The topological polar surface area (TPSA) is 44.9 Å². The number of fused-ring (bicyclic) bond motifs is 3. The van der Waals surface area contributed by atoms with Gasteiger partial charge in [-0.25, -0.2) is 9.67 Å². The summed E-state index contributed by atoms with van der Waals surface area (Å²) < 4.78 is 11.2. The minimum absolute atomic E-state index is 0.0445. The van der Waals surface area contributed by atoms with Crippen molar-refractivity contribution < 1.29 is 4.74 Å². The second kappa shape index (κ2) is 13.3. The van der Waals surface area contributed by atoms with Crippen LogP contribution >= 0.6 is 0 Å². The molecule has 5 nitrogen and oxygen atoms in total. The van der Waals surface area contributed by atoms with Crippen LogP contribution in [0.15, 0.2) is 91.1 Å². The fourth-order valence-electron chi connectivity index (χ4n) is 7.89. The van der Waals surface area contributed by atoms with Gasteiger partial charge in [-0.15, -0.1) is 0 Å². The Morgan fingerprint density at radius 2 is 1.30 bits per heavy atom. The van der Waals surface area contributed by atoms with Crippen molar-refractivity contribution in [2.24, 2.45) is 0 Å². The Morgan fingerprint density at radius 3 is 1.94 bits per heavy atom. The lowest BCUT2D eigenvalue weighted by atomic mass is 9.73. The standard InChI is InChI=1S/C49H56N4O/c1-14-33-21-22-50-44(25-33)52-42-18-16-15-17-38(42)39-20-19-36(29-43(39)52)54-37-27-34(47(5,6)7)26-35(28-37)53-32(4)45(31(3)51-53)46-40(48(8,9)10)23-30(2)24-41(46)49(11,12)13/h15-29H,14H2,1-13H3. The summed E-state index contributed by atoms with van der Waals surface area (Å²) in [5.41, 5.74) is 14.1. The molecule has 0 radical (unpaired) electrons. The smallest absolute Gasteiger partial charge is 0.137 e. The van der Waals surface area contributed by atoms with E-state index in [1.54, 1.807) is 0 Å². The van der Waals surface area contributed by atoms with E-state index in [1.807, 2.05) is 6.20 Å². The number of aromatic nitrogens is 4. The molecule has 5 heteroatoms. The van der Waals surface area contributed by atoms with Crippen LogP contribution in [-0.4, -0.2) is 19.3 Å². The van der Waals surface area contributed by atoms with E-state index in [0.29, 0.717) is 0 Å². The van der Waals surface area contributed by atoms with E-state index in [0.717, 1.165) is 51.8 Å². The number of pyridine rings is 1. The summed E-state index contributed by atoms with van der Waals surface area (Å²) in [5, 5.41) is 7.63. The minimum atomic E-state index is -0.116. The number of ether oxygens (including phenoxy) is 1. The van der Waals surface area contributed by atoms with Gasteiger partial charge in [-0.1, -0.05) is 105 Å². The Kier molecular flexibility index (Phi) is 9.15. The summed E-state index contributed by atoms with van der Waals surface area (Å²) >= 11 is 0. The number of rotatable bonds is 6. The van der Waals surface area contributed by atoms with Gasteiger partial charge in [0.25, 0.3) is 0 Å². The van der Waals surface area contributed by atoms with E-state index in [9.17, 15) is 0 Å². The largest absolute Gasteiger partial charge is 0.457 e. The molecule has 0 aliphatic carbocycles. The molecule has 0 amide bonds. The van der Waals surface area contributed by atoms with Gasteiger partial charge in [0.05, 0.1) is 22.4 Å². The van der Waals surface area contributed by atoms with Crippen LogP contribution in [0.2, 0.25) is 0 Å². The van der Waals surface area contributed by atoms with Crippen molar-refractivity contribution in [3.05, 3.63) is 130 Å². The van der Waals surface area contributed by atoms with Crippen molar-refractivity contribution in [1.29, 1.82) is 0 Å². The van der Waals surface area contributed by atoms with Crippen LogP contribution in [0, 0.1) is 20.8 Å². The molecule has 0 saturated carbocycles. The first-order valence-corrected chi connectivity index (χ1v) is 19.4. The van der Waals surface area contributed by atoms with Crippen molar-refractivity contribution in [2.45, 2.75) is 113 Å². The minimum Gasteiger partial charge on any atom is -0.457 e. The molecule has 0 fully saturated rings. The number of nitrogens with zero attached hydrogens (tertiary/aromatic N) is 4. The maximum atomic E-state index is 6.84. The van der Waals surface area contributed by atoms with Crippen LogP contribution in [0.5, 0.6) is 11.5 Å². The van der Waals surface area contributed by atoms with Crippen LogP contribution in [-0.2, 0) is 22.7 Å². The summed E-state index contributed by atoms with van der Waals surface area (Å²) in [5.74, 6) is 2.46. The van der Waals surface area contributed by atoms with Crippen molar-refractivity contribution in [2.75, 3.05) is 0 Å². The van der Waals surface area contributed by atoms with E-state index in [1.165, 1.54) is 49.7 Å². The van der Waals surface area contributed by atoms with Crippen LogP contribution < -0.4 is 4.74 Å². The third kappa shape index (κ3) is 6.74. The highest BCUT2D eigenvalue weighted by atomic mass is 16.5. The van der Waals surface area contributed by atoms with Gasteiger partial charge in [-0.2, -0.15) is 5.10 Å². The number of benzene rings is 4. The van der Waals surface area contributed by atoms with Crippen LogP contribution in [0.3, 0.4) is 0 Å². The van der Waals surface area contributed by atoms with Gasteiger partial charge in [-0.3, -0.25) is 4.57 Å². The van der Waals surface area contributed by atoms with Crippen molar-refractivity contribution in [3.63, 3.8) is 0 Å². The molecule has 0 aliphatic rings. The molecule has 54 heavy (non-hydrogen) atoms. The Labute approximate surface area is 322 Å². The third-order valence-electron chi connectivity index (χ3n) is 10.8. The highest BCUT2D eigenvalue weighted by Gasteiger charge is 2.30. The maximum Gasteiger partial charge on any atom is 0.137 e. The molecule has 0 bridgehead atoms. The zero-order valence-electron chi connectivity index (χ0n) is 34.6. The van der Waals surface area contributed by atoms with E-state index in [4.69, 9.17) is 14.8 Å². The zero-order chi connectivity index (χ0) is 38.9. The monoisotopic (exact) mass is 716 g/mol. The lowest BCUT2D eigenvalue weighted by Gasteiger charge is -2.31. The second-order valence-electron chi connectivity index (χ2n) is 18.2. The van der Waals surface area contributed by atoms with E-state index < -0.39 is 0 Å². The first-order chi connectivity index (χ1) is 25.3. The third-order valence-corrected chi connectivity index (χ3v) is 10.8. The molecule has 0 N–H and O–H groups in total. The fraction of sp³-hybridized carbons (Fsp3) is 0.347. The number of hydrogen-bond acceptors (Lipinski definition) is 3. The highest BCUT2D eigenvalue weighted by Crippen LogP contribution is 2.44. The summed E-state index contributed by atoms with van der Waals surface area (Å²) in [4.78, 5) is 4.82. The Hall–Kier alpha value is -5.16. The Bertz CT molecular complexity index is 2510. The summed E-state index contributed by atoms with van der Waals surface area (Å²) in [6.07, 6.45) is 2.86. The Balaban J connectivity index is 1.38. The average molecular weight is 717 g/mol. The second-order valence-corrected chi connectivity index (χ2v) is 18.2. The van der Waals surface area contributed by atoms with Gasteiger partial charge >= 0.3 is 0 Å². The van der Waals surface area contributed by atoms with Crippen LogP contribution in [0.1, 0.15) is 108 Å². The average Bonchev–Trinajstić information content (AvgIpc) is 3.59. The SMILES string of the molecule is CCc1ccnc(-n2c3ccccc3c3ccc(Oc4cc(-n5nc(C)c(-c6c(C(C)(C)C)cc(C)cc6C(C)(C)C)c5C)cc(C(C)(C)C)c4)cc32)c1. The molecule has 0 saturated heterocycles. The van der Waals surface area contributed by atoms with E-state index in [-0.39, 0.29) is 16.2 Å². The van der Waals surface area contributed by atoms with Crippen molar-refractivity contribution in [3.8, 4) is 34.1 Å². The predicted octanol–water partition coefficient (Wildman–Crippen LogP) is 13.2. The zero-order valence-corrected chi connectivity index (χ0v) is 34.6. The maximum absolute atomic E-state index is 6.84. The summed E-state index contributed by atoms with van der Waals surface area (Å²) in [6, 6.07) is 30.6. The number of hydrogen-bond donors (Lipinski definition) is 0. The summed E-state index contributed by atoms with van der Waals surface area (Å²) in [6.45, 7) is 29.4. The molecule has 0 spiro atoms. The van der Waals surface area contributed by atoms with Gasteiger partial charge in [-0.05, 0) is 114 Å². The van der Waals surface area contributed by atoms with Crippen LogP contribution in [0.4, 0.5) is 0 Å². The molecule has 0 aliphatic heterocycles. The first kappa shape index (κ1) is 37.2. The van der Waals surface area contributed by atoms with Gasteiger partial charge in [0.15, 0.2) is 0 Å². The predicted molar refractivity (Wildman–Crippen MR) is 227 cm³/mol. The molecular formula is C49H56N4O. The molecule has 0 atom stereocenters. The molecule has 278 valence electrons. The van der Waals surface area contributed by atoms with Gasteiger partial charge in [0, 0.05) is 40.4 Å². The van der Waals surface area contributed by atoms with Crippen LogP contribution in [0.25, 0.3) is 44.4 Å². The summed E-state index contributed by atoms with van der Waals surface area (Å²) in [7, 11) is 0. The molecule has 7 rings (SSSR count). The molecule has 3 aromatic heterocycles. The normalized spacial score (nSPS) is 12.6. The van der Waals surface area contributed by atoms with Gasteiger partial charge < -0.3 is 4.74 Å². The van der Waals surface area contributed by atoms with Crippen molar-refractivity contribution >= 4 is 21.8 Å². The lowest BCUT2D eigenvalue weighted by Crippen LogP contribution is -2.20. The quantitative estimate of drug-likeness (QED) is 0.172. The first-order valence-electron chi connectivity index (χ1n) is 19.4. The number of aryl methyl sites for hydroxylation is 3. The Morgan fingerprint density at radius 1 is 0.630 bits per heavy atom. The van der Waals surface area contributed by atoms with Gasteiger partial charge in [0.1, 0.15) is 17.3 Å². The number of para-hydroxylation sites is 1. The molecule has 3 heterocycles. The molecule has 7 aromatic rings. The highest BCUT2D eigenvalue weighted by molar-refractivity contribution is 6.09. The van der Waals surface area contributed by atoms with E-state index in [2.05, 4.69) is 184 Å². The molecular weight excluding hydrogens is 661 g/mol. The van der Waals surface area contributed by atoms with Gasteiger partial charge in [0.2, 0.25) is 0 Å². The van der Waals surface area contributed by atoms with E-state index >= 15 is 0 Å².